The van der Waals surface area contributed by atoms with Crippen LogP contribution in [0.1, 0.15) is 29.9 Å². The van der Waals surface area contributed by atoms with Crippen molar-refractivity contribution in [3.8, 4) is 39.9 Å². The first-order valence-corrected chi connectivity index (χ1v) is 13.9. The van der Waals surface area contributed by atoms with Gasteiger partial charge in [0.25, 0.3) is 0 Å². The third kappa shape index (κ3) is 5.04. The lowest BCUT2D eigenvalue weighted by molar-refractivity contribution is 0.211. The number of nitriles is 1. The van der Waals surface area contributed by atoms with Gasteiger partial charge in [-0.25, -0.2) is 9.97 Å². The van der Waals surface area contributed by atoms with E-state index in [-0.39, 0.29) is 5.82 Å². The summed E-state index contributed by atoms with van der Waals surface area (Å²) in [4.78, 5) is 15.1. The highest BCUT2D eigenvalue weighted by Gasteiger charge is 2.25. The minimum atomic E-state index is 0.197. The highest BCUT2D eigenvalue weighted by molar-refractivity contribution is 5.80. The molecule has 3 aromatic heterocycles. The van der Waals surface area contributed by atoms with Crippen LogP contribution >= 0.6 is 0 Å². The quantitative estimate of drug-likeness (QED) is 0.290. The average Bonchev–Trinajstić information content (AvgIpc) is 3.43. The van der Waals surface area contributed by atoms with E-state index in [1.165, 1.54) is 16.7 Å². The van der Waals surface area contributed by atoms with Crippen LogP contribution in [0.2, 0.25) is 0 Å². The number of aromatic nitrogens is 4. The van der Waals surface area contributed by atoms with Gasteiger partial charge >= 0.3 is 0 Å². The van der Waals surface area contributed by atoms with Crippen molar-refractivity contribution in [3.63, 3.8) is 0 Å². The Morgan fingerprint density at radius 2 is 1.78 bits per heavy atom. The number of hydrogen-bond donors (Lipinski definition) is 1. The van der Waals surface area contributed by atoms with Crippen molar-refractivity contribution in [2.24, 2.45) is 0 Å². The maximum absolute atomic E-state index is 9.05. The molecule has 0 aliphatic carbocycles. The average molecular weight is 540 g/mol. The first-order chi connectivity index (χ1) is 20.2. The van der Waals surface area contributed by atoms with Gasteiger partial charge in [0, 0.05) is 61.1 Å². The van der Waals surface area contributed by atoms with E-state index in [1.54, 1.807) is 12.4 Å². The maximum atomic E-state index is 9.05. The molecule has 1 fully saturated rings. The van der Waals surface area contributed by atoms with E-state index in [4.69, 9.17) is 10.00 Å². The Bertz CT molecular complexity index is 1720. The molecule has 41 heavy (non-hydrogen) atoms. The zero-order valence-electron chi connectivity index (χ0n) is 22.6. The molecular formula is C33H29N7O. The molecule has 0 bridgehead atoms. The van der Waals surface area contributed by atoms with Crippen LogP contribution in [0.3, 0.4) is 0 Å². The van der Waals surface area contributed by atoms with Crippen molar-refractivity contribution < 1.29 is 4.74 Å². The first-order valence-electron chi connectivity index (χ1n) is 13.9. The van der Waals surface area contributed by atoms with Gasteiger partial charge in [-0.3, -0.25) is 9.88 Å². The topological polar surface area (TPSA) is 91.9 Å². The van der Waals surface area contributed by atoms with Gasteiger partial charge in [0.05, 0.1) is 11.4 Å². The van der Waals surface area contributed by atoms with Crippen LogP contribution in [0.15, 0.2) is 91.4 Å². The Kier molecular flexibility index (Phi) is 6.63. The largest absolute Gasteiger partial charge is 0.487 e. The van der Waals surface area contributed by atoms with Gasteiger partial charge in [-0.15, -0.1) is 0 Å². The van der Waals surface area contributed by atoms with Crippen molar-refractivity contribution >= 4 is 5.82 Å². The lowest BCUT2D eigenvalue weighted by Crippen LogP contribution is -2.38. The zero-order chi connectivity index (χ0) is 27.6. The summed E-state index contributed by atoms with van der Waals surface area (Å²) in [5.74, 6) is 1.80. The fourth-order valence-electron chi connectivity index (χ4n) is 5.84. The van der Waals surface area contributed by atoms with Crippen molar-refractivity contribution in [1.82, 2.24) is 24.4 Å². The number of piperidine rings is 1. The molecule has 0 unspecified atom stereocenters. The molecule has 7 rings (SSSR count). The van der Waals surface area contributed by atoms with E-state index >= 15 is 0 Å². The standard InChI is InChI=1S/C33H29N7O/c34-19-33-36-15-11-32(38-33)37-25-12-16-39(17-13-25)21-23-6-8-24(9-7-23)29-18-27-28-20-35-14-10-31(28)41-22-30(27)40(29)26-4-2-1-3-5-26/h1-11,14-15,18,20,25H,12-13,16-17,21-22H2,(H,36,37,38). The summed E-state index contributed by atoms with van der Waals surface area (Å²) in [7, 11) is 0. The van der Waals surface area contributed by atoms with Crippen molar-refractivity contribution in [1.29, 1.82) is 5.26 Å². The van der Waals surface area contributed by atoms with Gasteiger partial charge in [-0.05, 0) is 54.3 Å². The Morgan fingerprint density at radius 3 is 2.59 bits per heavy atom. The van der Waals surface area contributed by atoms with E-state index in [9.17, 15) is 0 Å². The second-order valence-corrected chi connectivity index (χ2v) is 10.5. The van der Waals surface area contributed by atoms with Gasteiger partial charge in [-0.1, -0.05) is 42.5 Å². The number of nitrogens with one attached hydrogen (secondary N) is 1. The predicted octanol–water partition coefficient (Wildman–Crippen LogP) is 5.84. The molecule has 2 aliphatic heterocycles. The highest BCUT2D eigenvalue weighted by atomic mass is 16.5. The molecule has 0 radical (unpaired) electrons. The van der Waals surface area contributed by atoms with E-state index in [2.05, 4.69) is 84.3 Å². The number of anilines is 1. The summed E-state index contributed by atoms with van der Waals surface area (Å²) in [5.41, 5.74) is 8.07. The molecule has 0 saturated carbocycles. The Labute approximate surface area is 238 Å². The predicted molar refractivity (Wildman–Crippen MR) is 157 cm³/mol. The minimum absolute atomic E-state index is 0.197. The Morgan fingerprint density at radius 1 is 0.951 bits per heavy atom. The number of pyridine rings is 1. The molecular weight excluding hydrogens is 510 g/mol. The fraction of sp³-hybridized carbons (Fsp3) is 0.212. The van der Waals surface area contributed by atoms with Crippen molar-refractivity contribution in [2.75, 3.05) is 18.4 Å². The number of ether oxygens (including phenoxy) is 1. The van der Waals surface area contributed by atoms with Gasteiger partial charge in [-0.2, -0.15) is 5.26 Å². The Hall–Kier alpha value is -5.00. The van der Waals surface area contributed by atoms with Crippen LogP contribution in [0.4, 0.5) is 5.82 Å². The van der Waals surface area contributed by atoms with Gasteiger partial charge < -0.3 is 14.6 Å². The van der Waals surface area contributed by atoms with E-state index in [1.807, 2.05) is 30.5 Å². The van der Waals surface area contributed by atoms with Crippen LogP contribution in [0.5, 0.6) is 5.75 Å². The minimum Gasteiger partial charge on any atom is -0.487 e. The SMILES string of the molecule is N#Cc1nccc(NC2CCN(Cc3ccc(-c4cc5c(n4-c4ccccc4)COc4ccncc4-5)cc3)CC2)n1. The molecule has 0 atom stereocenters. The monoisotopic (exact) mass is 539 g/mol. The van der Waals surface area contributed by atoms with E-state index < -0.39 is 0 Å². The molecule has 1 N–H and O–H groups in total. The molecule has 5 aromatic rings. The summed E-state index contributed by atoms with van der Waals surface area (Å²) < 4.78 is 8.44. The van der Waals surface area contributed by atoms with Crippen molar-refractivity contribution in [2.45, 2.75) is 32.0 Å². The summed E-state index contributed by atoms with van der Waals surface area (Å²) in [6.07, 6.45) is 7.35. The number of fused-ring (bicyclic) bond motifs is 3. The molecule has 8 heteroatoms. The molecule has 5 heterocycles. The van der Waals surface area contributed by atoms with Crippen molar-refractivity contribution in [3.05, 3.63) is 108 Å². The summed E-state index contributed by atoms with van der Waals surface area (Å²) >= 11 is 0. The van der Waals surface area contributed by atoms with Crippen LogP contribution in [0.25, 0.3) is 28.1 Å². The molecule has 202 valence electrons. The number of hydrogen-bond acceptors (Lipinski definition) is 7. The maximum Gasteiger partial charge on any atom is 0.234 e. The third-order valence-electron chi connectivity index (χ3n) is 7.90. The molecule has 0 spiro atoms. The number of benzene rings is 2. The van der Waals surface area contributed by atoms with Crippen LogP contribution < -0.4 is 10.1 Å². The van der Waals surface area contributed by atoms with Gasteiger partial charge in [0.1, 0.15) is 24.2 Å². The number of nitrogens with zero attached hydrogens (tertiary/aromatic N) is 6. The smallest absolute Gasteiger partial charge is 0.234 e. The van der Waals surface area contributed by atoms with E-state index in [0.717, 1.165) is 66.7 Å². The Balaban J connectivity index is 1.08. The summed E-state index contributed by atoms with van der Waals surface area (Å²) in [6.45, 7) is 3.45. The zero-order valence-corrected chi connectivity index (χ0v) is 22.6. The lowest BCUT2D eigenvalue weighted by atomic mass is 10.0. The highest BCUT2D eigenvalue weighted by Crippen LogP contribution is 2.42. The summed E-state index contributed by atoms with van der Waals surface area (Å²) in [5, 5.41) is 12.5. The van der Waals surface area contributed by atoms with Crippen LogP contribution in [0, 0.1) is 11.3 Å². The molecule has 8 nitrogen and oxygen atoms in total. The normalized spacial score (nSPS) is 14.9. The molecule has 0 amide bonds. The second-order valence-electron chi connectivity index (χ2n) is 10.5. The van der Waals surface area contributed by atoms with E-state index in [0.29, 0.717) is 12.6 Å². The van der Waals surface area contributed by atoms with Crippen LogP contribution in [-0.2, 0) is 13.2 Å². The summed E-state index contributed by atoms with van der Waals surface area (Å²) in [6, 6.07) is 27.8. The number of rotatable bonds is 6. The molecule has 2 aliphatic rings. The second kappa shape index (κ2) is 10.9. The fourth-order valence-corrected chi connectivity index (χ4v) is 5.84. The number of likely N-dealkylation sites (tertiary alicyclic amines) is 1. The first kappa shape index (κ1) is 25.0. The number of para-hydroxylation sites is 1. The van der Waals surface area contributed by atoms with Gasteiger partial charge in [0.15, 0.2) is 0 Å². The molecule has 1 saturated heterocycles. The van der Waals surface area contributed by atoms with Gasteiger partial charge in [0.2, 0.25) is 5.82 Å². The molecule has 2 aromatic carbocycles. The van der Waals surface area contributed by atoms with Crippen LogP contribution in [-0.4, -0.2) is 43.6 Å². The lowest BCUT2D eigenvalue weighted by Gasteiger charge is -2.32. The third-order valence-corrected chi connectivity index (χ3v) is 7.90.